The smallest absolute Gasteiger partial charge is 0.326 e. The van der Waals surface area contributed by atoms with E-state index in [2.05, 4.69) is 20.9 Å². The molecule has 1 aromatic rings. The molecule has 0 spiro atoms. The first-order chi connectivity index (χ1) is 16.9. The summed E-state index contributed by atoms with van der Waals surface area (Å²) in [6, 6.07) is 3.03. The summed E-state index contributed by atoms with van der Waals surface area (Å²) in [4.78, 5) is 52.9. The number of carboxylic acid groups (broad SMARTS) is 1. The predicted molar refractivity (Wildman–Crippen MR) is 134 cm³/mol. The van der Waals surface area contributed by atoms with Gasteiger partial charge in [0.05, 0.1) is 12.6 Å². The third kappa shape index (κ3) is 12.0. The predicted octanol–water partition coefficient (Wildman–Crippen LogP) is -1.47. The highest BCUT2D eigenvalue weighted by molar-refractivity contribution is 5.92. The highest BCUT2D eigenvalue weighted by Crippen LogP contribution is 2.12. The quantitative estimate of drug-likeness (QED) is 0.0784. The number of carbonyl (C=O) groups excluding carboxylic acids is 3. The molecule has 0 saturated carbocycles. The van der Waals surface area contributed by atoms with Crippen LogP contribution in [-0.2, 0) is 25.6 Å². The number of hydrogen-bond donors (Lipinski definition) is 8. The molecule has 200 valence electrons. The van der Waals surface area contributed by atoms with Crippen molar-refractivity contribution in [2.45, 2.75) is 57.7 Å². The lowest BCUT2D eigenvalue weighted by Gasteiger charge is -2.22. The van der Waals surface area contributed by atoms with Gasteiger partial charge in [0.25, 0.3) is 0 Å². The first-order valence-electron chi connectivity index (χ1n) is 11.6. The highest BCUT2D eigenvalue weighted by atomic mass is 16.4. The molecule has 0 aromatic heterocycles. The van der Waals surface area contributed by atoms with Gasteiger partial charge in [0.1, 0.15) is 17.8 Å². The van der Waals surface area contributed by atoms with E-state index < -0.39 is 48.4 Å². The highest BCUT2D eigenvalue weighted by Gasteiger charge is 2.26. The van der Waals surface area contributed by atoms with Gasteiger partial charge >= 0.3 is 5.97 Å². The van der Waals surface area contributed by atoms with E-state index in [-0.39, 0.29) is 37.0 Å². The van der Waals surface area contributed by atoms with Gasteiger partial charge in [-0.1, -0.05) is 26.0 Å². The molecule has 3 atom stereocenters. The number of aliphatic carboxylic acids is 1. The van der Waals surface area contributed by atoms with Gasteiger partial charge in [-0.25, -0.2) is 4.79 Å². The number of aliphatic imine (C=N–C) groups is 1. The number of aromatic hydroxyl groups is 1. The Hall–Kier alpha value is -3.87. The number of phenols is 1. The van der Waals surface area contributed by atoms with E-state index in [1.54, 1.807) is 12.1 Å². The number of hydrogen-bond acceptors (Lipinski definition) is 7. The minimum absolute atomic E-state index is 0.0469. The van der Waals surface area contributed by atoms with E-state index >= 15 is 0 Å². The Bertz CT molecular complexity index is 916. The number of nitrogens with zero attached hydrogens (tertiary/aromatic N) is 1. The van der Waals surface area contributed by atoms with Gasteiger partial charge in [-0.3, -0.25) is 19.4 Å². The number of guanidine groups is 1. The second kappa shape index (κ2) is 15.2. The number of nitrogens with two attached hydrogens (primary N) is 3. The van der Waals surface area contributed by atoms with Crippen molar-refractivity contribution in [1.29, 1.82) is 0 Å². The zero-order chi connectivity index (χ0) is 27.3. The maximum absolute atomic E-state index is 12.8. The average Bonchev–Trinajstić information content (AvgIpc) is 2.79. The monoisotopic (exact) mass is 507 g/mol. The second-order valence-electron chi connectivity index (χ2n) is 8.79. The maximum Gasteiger partial charge on any atom is 0.326 e. The van der Waals surface area contributed by atoms with Crippen molar-refractivity contribution in [3.8, 4) is 5.75 Å². The fraction of sp³-hybridized carbons (Fsp3) is 0.522. The van der Waals surface area contributed by atoms with Crippen LogP contribution < -0.4 is 33.2 Å². The van der Waals surface area contributed by atoms with E-state index in [1.165, 1.54) is 12.1 Å². The van der Waals surface area contributed by atoms with Crippen molar-refractivity contribution >= 4 is 29.7 Å². The lowest BCUT2D eigenvalue weighted by Crippen LogP contribution is -2.54. The number of rotatable bonds is 15. The van der Waals surface area contributed by atoms with Gasteiger partial charge in [-0.2, -0.15) is 0 Å². The van der Waals surface area contributed by atoms with Crippen molar-refractivity contribution in [1.82, 2.24) is 16.0 Å². The van der Waals surface area contributed by atoms with Gasteiger partial charge in [0.15, 0.2) is 5.96 Å². The normalized spacial score (nSPS) is 13.2. The molecule has 1 rings (SSSR count). The molecule has 0 radical (unpaired) electrons. The van der Waals surface area contributed by atoms with Gasteiger partial charge < -0.3 is 43.4 Å². The Morgan fingerprint density at radius 2 is 1.64 bits per heavy atom. The van der Waals surface area contributed by atoms with Crippen LogP contribution in [0.15, 0.2) is 29.3 Å². The van der Waals surface area contributed by atoms with Crippen LogP contribution in [0.3, 0.4) is 0 Å². The third-order valence-corrected chi connectivity index (χ3v) is 5.07. The zero-order valence-corrected chi connectivity index (χ0v) is 20.6. The number of nitrogens with one attached hydrogen (secondary N) is 3. The van der Waals surface area contributed by atoms with Gasteiger partial charge in [-0.15, -0.1) is 0 Å². The molecule has 0 aliphatic heterocycles. The van der Waals surface area contributed by atoms with Crippen molar-refractivity contribution in [2.75, 3.05) is 13.1 Å². The van der Waals surface area contributed by atoms with E-state index in [0.29, 0.717) is 18.4 Å². The van der Waals surface area contributed by atoms with Crippen LogP contribution in [0.2, 0.25) is 0 Å². The summed E-state index contributed by atoms with van der Waals surface area (Å²) in [5, 5.41) is 26.2. The molecule has 0 aliphatic rings. The molecule has 0 bridgehead atoms. The summed E-state index contributed by atoms with van der Waals surface area (Å²) in [6.45, 7) is 3.53. The zero-order valence-electron chi connectivity index (χ0n) is 20.6. The molecule has 3 unspecified atom stereocenters. The molecule has 13 heteroatoms. The van der Waals surface area contributed by atoms with Crippen LogP contribution in [0.25, 0.3) is 0 Å². The number of phenolic OH excluding ortho intramolecular Hbond substituents is 1. The summed E-state index contributed by atoms with van der Waals surface area (Å²) < 4.78 is 0. The van der Waals surface area contributed by atoms with E-state index in [1.807, 2.05) is 13.8 Å². The molecule has 13 nitrogen and oxygen atoms in total. The Morgan fingerprint density at radius 1 is 1.00 bits per heavy atom. The van der Waals surface area contributed by atoms with Crippen LogP contribution in [0, 0.1) is 5.92 Å². The molecule has 1 aromatic carbocycles. The van der Waals surface area contributed by atoms with E-state index in [9.17, 15) is 29.4 Å². The first-order valence-corrected chi connectivity index (χ1v) is 11.6. The molecule has 0 heterocycles. The Morgan fingerprint density at radius 3 is 2.19 bits per heavy atom. The molecule has 36 heavy (non-hydrogen) atoms. The number of amides is 3. The van der Waals surface area contributed by atoms with Crippen LogP contribution >= 0.6 is 0 Å². The summed E-state index contributed by atoms with van der Waals surface area (Å²) >= 11 is 0. The lowest BCUT2D eigenvalue weighted by molar-refractivity contribution is -0.142. The number of carbonyl (C=O) groups is 4. The fourth-order valence-electron chi connectivity index (χ4n) is 3.27. The van der Waals surface area contributed by atoms with Gasteiger partial charge in [-0.05, 0) is 42.9 Å². The van der Waals surface area contributed by atoms with Crippen molar-refractivity contribution in [3.05, 3.63) is 29.8 Å². The molecular weight excluding hydrogens is 470 g/mol. The minimum Gasteiger partial charge on any atom is -0.508 e. The summed E-state index contributed by atoms with van der Waals surface area (Å²) in [5.41, 5.74) is 17.0. The van der Waals surface area contributed by atoms with Crippen LogP contribution in [0.5, 0.6) is 5.75 Å². The molecule has 0 fully saturated rings. The Kier molecular flexibility index (Phi) is 12.7. The van der Waals surface area contributed by atoms with Crippen LogP contribution in [0.1, 0.15) is 38.7 Å². The minimum atomic E-state index is -1.24. The Balaban J connectivity index is 2.77. The molecular formula is C23H37N7O6. The molecule has 0 saturated heterocycles. The van der Waals surface area contributed by atoms with Gasteiger partial charge in [0.2, 0.25) is 17.7 Å². The summed E-state index contributed by atoms with van der Waals surface area (Å²) in [7, 11) is 0. The number of carboxylic acids is 1. The van der Waals surface area contributed by atoms with Crippen LogP contribution in [-0.4, -0.2) is 71.1 Å². The molecule has 3 amide bonds. The summed E-state index contributed by atoms with van der Waals surface area (Å²) in [5.74, 6) is -3.03. The standard InChI is InChI=1S/C23H37N7O6/c1-13(2)10-16(24)20(33)30-18(11-14-5-7-15(31)8-6-14)21(34)28-12-19(32)29-17(22(35)36)4-3-9-27-23(25)26/h5-8,13,16-18,31H,3-4,9-12,24H2,1-2H3,(H,28,34)(H,29,32)(H,30,33)(H,35,36)(H4,25,26,27). The topological polar surface area (TPSA) is 235 Å². The van der Waals surface area contributed by atoms with Crippen molar-refractivity contribution < 1.29 is 29.4 Å². The molecule has 11 N–H and O–H groups in total. The van der Waals surface area contributed by atoms with E-state index in [4.69, 9.17) is 17.2 Å². The fourth-order valence-corrected chi connectivity index (χ4v) is 3.27. The lowest BCUT2D eigenvalue weighted by atomic mass is 10.0. The first kappa shape index (κ1) is 30.2. The average molecular weight is 508 g/mol. The van der Waals surface area contributed by atoms with E-state index in [0.717, 1.165) is 0 Å². The second-order valence-corrected chi connectivity index (χ2v) is 8.79. The summed E-state index contributed by atoms with van der Waals surface area (Å²) in [6.07, 6.45) is 0.899. The van der Waals surface area contributed by atoms with Crippen molar-refractivity contribution in [3.63, 3.8) is 0 Å². The molecule has 0 aliphatic carbocycles. The third-order valence-electron chi connectivity index (χ3n) is 5.07. The van der Waals surface area contributed by atoms with Crippen molar-refractivity contribution in [2.24, 2.45) is 28.1 Å². The largest absolute Gasteiger partial charge is 0.508 e. The number of benzene rings is 1. The van der Waals surface area contributed by atoms with Gasteiger partial charge in [0, 0.05) is 13.0 Å². The SMILES string of the molecule is CC(C)CC(N)C(=O)NC(Cc1ccc(O)cc1)C(=O)NCC(=O)NC(CCCN=C(N)N)C(=O)O. The maximum atomic E-state index is 12.8. The Labute approximate surface area is 209 Å². The van der Waals surface area contributed by atoms with Crippen LogP contribution in [0.4, 0.5) is 0 Å².